The highest BCUT2D eigenvalue weighted by Gasteiger charge is 2.22. The van der Waals surface area contributed by atoms with Crippen LogP contribution in [0.3, 0.4) is 0 Å². The molecule has 1 unspecified atom stereocenters. The normalized spacial score (nSPS) is 12.7. The standard InChI is InChI=1S/C14H28N2O/c1-5-8-11-16(10-7-3)13(9-6-2)12(4)14(15)17/h13H,4-11H2,1-3H3,(H2,15,17). The summed E-state index contributed by atoms with van der Waals surface area (Å²) in [6.07, 6.45) is 5.43. The Kier molecular flexibility index (Phi) is 8.78. The minimum absolute atomic E-state index is 0.129. The Bertz CT molecular complexity index is 238. The molecular formula is C14H28N2O. The molecule has 0 saturated heterocycles. The lowest BCUT2D eigenvalue weighted by Gasteiger charge is -2.31. The second-order valence-corrected chi connectivity index (χ2v) is 4.58. The van der Waals surface area contributed by atoms with Crippen molar-refractivity contribution < 1.29 is 4.79 Å². The molecule has 1 atom stereocenters. The van der Waals surface area contributed by atoms with E-state index in [1.807, 2.05) is 0 Å². The molecule has 0 aliphatic carbocycles. The minimum atomic E-state index is -0.360. The Balaban J connectivity index is 4.67. The smallest absolute Gasteiger partial charge is 0.245 e. The Hall–Kier alpha value is -0.830. The first kappa shape index (κ1) is 16.2. The molecule has 0 aliphatic heterocycles. The van der Waals surface area contributed by atoms with Gasteiger partial charge in [0, 0.05) is 11.6 Å². The molecule has 2 N–H and O–H groups in total. The SMILES string of the molecule is C=C(C(N)=O)C(CCC)N(CCC)CCCC. The van der Waals surface area contributed by atoms with Gasteiger partial charge in [-0.05, 0) is 32.4 Å². The van der Waals surface area contributed by atoms with Crippen LogP contribution in [-0.4, -0.2) is 29.9 Å². The fourth-order valence-electron chi connectivity index (χ4n) is 2.09. The Morgan fingerprint density at radius 1 is 1.18 bits per heavy atom. The summed E-state index contributed by atoms with van der Waals surface area (Å²) in [4.78, 5) is 13.7. The maximum Gasteiger partial charge on any atom is 0.245 e. The van der Waals surface area contributed by atoms with Gasteiger partial charge in [-0.15, -0.1) is 0 Å². The van der Waals surface area contributed by atoms with Gasteiger partial charge in [-0.3, -0.25) is 9.69 Å². The second-order valence-electron chi connectivity index (χ2n) is 4.58. The summed E-state index contributed by atoms with van der Waals surface area (Å²) in [6, 6.07) is 0.129. The first-order chi connectivity index (χ1) is 8.08. The number of unbranched alkanes of at least 4 members (excludes halogenated alkanes) is 1. The van der Waals surface area contributed by atoms with Crippen LogP contribution >= 0.6 is 0 Å². The predicted molar refractivity (Wildman–Crippen MR) is 73.8 cm³/mol. The van der Waals surface area contributed by atoms with Crippen molar-refractivity contribution in [2.75, 3.05) is 13.1 Å². The Labute approximate surface area is 106 Å². The van der Waals surface area contributed by atoms with Gasteiger partial charge < -0.3 is 5.73 Å². The van der Waals surface area contributed by atoms with Gasteiger partial charge in [0.15, 0.2) is 0 Å². The third-order valence-corrected chi connectivity index (χ3v) is 3.03. The van der Waals surface area contributed by atoms with Gasteiger partial charge >= 0.3 is 0 Å². The zero-order valence-electron chi connectivity index (χ0n) is 11.7. The third kappa shape index (κ3) is 5.87. The molecule has 0 radical (unpaired) electrons. The number of carbonyl (C=O) groups is 1. The lowest BCUT2D eigenvalue weighted by atomic mass is 10.0. The van der Waals surface area contributed by atoms with Crippen molar-refractivity contribution in [3.05, 3.63) is 12.2 Å². The van der Waals surface area contributed by atoms with Crippen molar-refractivity contribution in [3.63, 3.8) is 0 Å². The van der Waals surface area contributed by atoms with Crippen molar-refractivity contribution in [1.82, 2.24) is 4.90 Å². The zero-order valence-corrected chi connectivity index (χ0v) is 11.7. The average Bonchev–Trinajstić information content (AvgIpc) is 2.31. The van der Waals surface area contributed by atoms with Crippen LogP contribution in [0, 0.1) is 0 Å². The fraction of sp³-hybridized carbons (Fsp3) is 0.786. The van der Waals surface area contributed by atoms with E-state index >= 15 is 0 Å². The summed E-state index contributed by atoms with van der Waals surface area (Å²) >= 11 is 0. The van der Waals surface area contributed by atoms with Crippen LogP contribution in [0.5, 0.6) is 0 Å². The van der Waals surface area contributed by atoms with E-state index in [-0.39, 0.29) is 11.9 Å². The van der Waals surface area contributed by atoms with Crippen LogP contribution in [0.25, 0.3) is 0 Å². The fourth-order valence-corrected chi connectivity index (χ4v) is 2.09. The highest BCUT2D eigenvalue weighted by Crippen LogP contribution is 2.16. The molecule has 3 heteroatoms. The highest BCUT2D eigenvalue weighted by molar-refractivity contribution is 5.92. The summed E-state index contributed by atoms with van der Waals surface area (Å²) in [5.74, 6) is -0.360. The molecular weight excluding hydrogens is 212 g/mol. The molecule has 0 aliphatic rings. The van der Waals surface area contributed by atoms with Gasteiger partial charge in [0.1, 0.15) is 0 Å². The van der Waals surface area contributed by atoms with Crippen molar-refractivity contribution in [1.29, 1.82) is 0 Å². The van der Waals surface area contributed by atoms with E-state index < -0.39 is 0 Å². The second kappa shape index (κ2) is 9.23. The van der Waals surface area contributed by atoms with Crippen LogP contribution in [0.15, 0.2) is 12.2 Å². The quantitative estimate of drug-likeness (QED) is 0.597. The van der Waals surface area contributed by atoms with Crippen molar-refractivity contribution in [2.24, 2.45) is 5.73 Å². The van der Waals surface area contributed by atoms with Crippen LogP contribution in [0.2, 0.25) is 0 Å². The van der Waals surface area contributed by atoms with E-state index in [2.05, 4.69) is 32.3 Å². The number of rotatable bonds is 10. The molecule has 0 fully saturated rings. The number of amides is 1. The van der Waals surface area contributed by atoms with E-state index in [4.69, 9.17) is 5.73 Å². The van der Waals surface area contributed by atoms with Gasteiger partial charge in [-0.25, -0.2) is 0 Å². The summed E-state index contributed by atoms with van der Waals surface area (Å²) in [7, 11) is 0. The van der Waals surface area contributed by atoms with Gasteiger partial charge in [0.2, 0.25) is 5.91 Å². The summed E-state index contributed by atoms with van der Waals surface area (Å²) in [6.45, 7) is 12.4. The highest BCUT2D eigenvalue weighted by atomic mass is 16.1. The molecule has 0 bridgehead atoms. The number of hydrogen-bond acceptors (Lipinski definition) is 2. The Morgan fingerprint density at radius 2 is 1.82 bits per heavy atom. The molecule has 0 saturated carbocycles. The molecule has 0 spiro atoms. The van der Waals surface area contributed by atoms with E-state index in [1.54, 1.807) is 0 Å². The average molecular weight is 240 g/mol. The Morgan fingerprint density at radius 3 is 2.24 bits per heavy atom. The van der Waals surface area contributed by atoms with Crippen LogP contribution in [0.4, 0.5) is 0 Å². The number of primary amides is 1. The maximum absolute atomic E-state index is 11.3. The topological polar surface area (TPSA) is 46.3 Å². The first-order valence-electron chi connectivity index (χ1n) is 6.81. The van der Waals surface area contributed by atoms with Crippen LogP contribution in [0.1, 0.15) is 52.9 Å². The lowest BCUT2D eigenvalue weighted by Crippen LogP contribution is -2.41. The van der Waals surface area contributed by atoms with Crippen molar-refractivity contribution >= 4 is 5.91 Å². The van der Waals surface area contributed by atoms with Crippen molar-refractivity contribution in [2.45, 2.75) is 58.9 Å². The first-order valence-corrected chi connectivity index (χ1v) is 6.81. The maximum atomic E-state index is 11.3. The van der Waals surface area contributed by atoms with Crippen LogP contribution < -0.4 is 5.73 Å². The van der Waals surface area contributed by atoms with Crippen molar-refractivity contribution in [3.8, 4) is 0 Å². The van der Waals surface area contributed by atoms with Crippen LogP contribution in [-0.2, 0) is 4.79 Å². The van der Waals surface area contributed by atoms with Gasteiger partial charge in [-0.1, -0.05) is 40.2 Å². The third-order valence-electron chi connectivity index (χ3n) is 3.03. The van der Waals surface area contributed by atoms with Gasteiger partial charge in [0.25, 0.3) is 0 Å². The number of hydrogen-bond donors (Lipinski definition) is 1. The number of nitrogens with two attached hydrogens (primary N) is 1. The molecule has 3 nitrogen and oxygen atoms in total. The summed E-state index contributed by atoms with van der Waals surface area (Å²) < 4.78 is 0. The lowest BCUT2D eigenvalue weighted by molar-refractivity contribution is -0.115. The number of carbonyl (C=O) groups excluding carboxylic acids is 1. The largest absolute Gasteiger partial charge is 0.366 e. The molecule has 0 aromatic heterocycles. The van der Waals surface area contributed by atoms with Gasteiger partial charge in [0.05, 0.1) is 0 Å². The molecule has 1 amide bonds. The van der Waals surface area contributed by atoms with E-state index in [9.17, 15) is 4.79 Å². The molecule has 0 aromatic rings. The minimum Gasteiger partial charge on any atom is -0.366 e. The monoisotopic (exact) mass is 240 g/mol. The van der Waals surface area contributed by atoms with E-state index in [0.29, 0.717) is 5.57 Å². The summed E-state index contributed by atoms with van der Waals surface area (Å²) in [5.41, 5.74) is 5.93. The zero-order chi connectivity index (χ0) is 13.3. The molecule has 100 valence electrons. The van der Waals surface area contributed by atoms with E-state index in [1.165, 1.54) is 6.42 Å². The molecule has 0 rings (SSSR count). The number of nitrogens with zero attached hydrogens (tertiary/aromatic N) is 1. The molecule has 0 heterocycles. The molecule has 17 heavy (non-hydrogen) atoms. The summed E-state index contributed by atoms with van der Waals surface area (Å²) in [5, 5.41) is 0. The predicted octanol–water partition coefficient (Wildman–Crippen LogP) is 2.71. The van der Waals surface area contributed by atoms with E-state index in [0.717, 1.165) is 38.8 Å². The molecule has 0 aromatic carbocycles. The van der Waals surface area contributed by atoms with Gasteiger partial charge in [-0.2, -0.15) is 0 Å².